The third kappa shape index (κ3) is 9.09. The largest absolute Gasteiger partial charge is 0.491 e. The summed E-state index contributed by atoms with van der Waals surface area (Å²) < 4.78 is 55.5. The van der Waals surface area contributed by atoms with Gasteiger partial charge >= 0.3 is 6.18 Å². The average molecular weight is 495 g/mol. The van der Waals surface area contributed by atoms with E-state index in [-0.39, 0.29) is 18.9 Å². The Morgan fingerprint density at radius 2 is 1.57 bits per heavy atom. The second-order valence-corrected chi connectivity index (χ2v) is 7.90. The van der Waals surface area contributed by atoms with Crippen LogP contribution in [-0.2, 0) is 20.4 Å². The maximum absolute atomic E-state index is 13.2. The molecule has 0 fully saturated rings. The molecular formula is C24H28F3N3O5. The minimum atomic E-state index is -4.72. The van der Waals surface area contributed by atoms with Crippen LogP contribution in [0.5, 0.6) is 5.75 Å². The number of nitrogens with one attached hydrogen (secondary N) is 2. The van der Waals surface area contributed by atoms with Gasteiger partial charge in [0.2, 0.25) is 5.91 Å². The van der Waals surface area contributed by atoms with Crippen LogP contribution in [0.25, 0.3) is 0 Å². The molecule has 11 heteroatoms. The van der Waals surface area contributed by atoms with Crippen LogP contribution in [0.2, 0.25) is 0 Å². The monoisotopic (exact) mass is 495 g/mol. The predicted molar refractivity (Wildman–Crippen MR) is 123 cm³/mol. The summed E-state index contributed by atoms with van der Waals surface area (Å²) in [6.45, 7) is 4.88. The van der Waals surface area contributed by atoms with Gasteiger partial charge in [0.25, 0.3) is 0 Å². The van der Waals surface area contributed by atoms with Gasteiger partial charge in [0.05, 0.1) is 50.2 Å². The maximum Gasteiger partial charge on any atom is 0.417 e. The zero-order valence-corrected chi connectivity index (χ0v) is 19.4. The van der Waals surface area contributed by atoms with E-state index in [0.717, 1.165) is 12.1 Å². The van der Waals surface area contributed by atoms with Crippen molar-refractivity contribution in [1.29, 1.82) is 5.26 Å². The number of amides is 1. The molecule has 2 rings (SSSR count). The summed E-state index contributed by atoms with van der Waals surface area (Å²) in [7, 11) is 0. The molecule has 8 nitrogen and oxygen atoms in total. The highest BCUT2D eigenvalue weighted by molar-refractivity contribution is 5.99. The fraction of sp³-hybridized carbons (Fsp3) is 0.417. The third-order valence-corrected chi connectivity index (χ3v) is 4.69. The zero-order valence-electron chi connectivity index (χ0n) is 19.4. The third-order valence-electron chi connectivity index (χ3n) is 4.69. The van der Waals surface area contributed by atoms with Crippen LogP contribution in [0, 0.1) is 11.3 Å². The first-order valence-corrected chi connectivity index (χ1v) is 10.8. The molecule has 0 spiro atoms. The summed E-state index contributed by atoms with van der Waals surface area (Å²) in [6.07, 6.45) is -4.72. The molecule has 0 unspecified atom stereocenters. The highest BCUT2D eigenvalue weighted by atomic mass is 19.4. The number of halogens is 3. The molecule has 1 amide bonds. The van der Waals surface area contributed by atoms with Crippen LogP contribution in [0.4, 0.5) is 24.5 Å². The molecule has 0 aliphatic heterocycles. The molecule has 35 heavy (non-hydrogen) atoms. The van der Waals surface area contributed by atoms with E-state index in [2.05, 4.69) is 10.6 Å². The van der Waals surface area contributed by atoms with Crippen molar-refractivity contribution in [3.8, 4) is 11.8 Å². The van der Waals surface area contributed by atoms with Crippen LogP contribution < -0.4 is 15.4 Å². The average Bonchev–Trinajstić information content (AvgIpc) is 2.81. The van der Waals surface area contributed by atoms with E-state index in [4.69, 9.17) is 24.6 Å². The number of anilines is 2. The summed E-state index contributed by atoms with van der Waals surface area (Å²) in [5.41, 5.74) is -2.26. The summed E-state index contributed by atoms with van der Waals surface area (Å²) in [6, 6.07) is 11.3. The summed E-state index contributed by atoms with van der Waals surface area (Å²) in [5.74, 6) is 0.0333. The van der Waals surface area contributed by atoms with Gasteiger partial charge in [-0.05, 0) is 56.3 Å². The van der Waals surface area contributed by atoms with Crippen molar-refractivity contribution in [3.05, 3.63) is 53.6 Å². The lowest BCUT2D eigenvalue weighted by atomic mass is 10.0. The quantitative estimate of drug-likeness (QED) is 0.362. The molecule has 0 atom stereocenters. The number of hydrogen-bond donors (Lipinski definition) is 3. The number of carbonyl (C=O) groups excluding carboxylic acids is 1. The molecule has 2 aromatic rings. The Labute approximate surface area is 201 Å². The predicted octanol–water partition coefficient (Wildman–Crippen LogP) is 3.81. The minimum Gasteiger partial charge on any atom is -0.491 e. The lowest BCUT2D eigenvalue weighted by Gasteiger charge is -2.26. The number of ether oxygens (including phenoxy) is 3. The Kier molecular flexibility index (Phi) is 10.3. The van der Waals surface area contributed by atoms with Gasteiger partial charge in [-0.3, -0.25) is 4.79 Å². The molecule has 190 valence electrons. The summed E-state index contributed by atoms with van der Waals surface area (Å²) in [4.78, 5) is 12.7. The van der Waals surface area contributed by atoms with Crippen LogP contribution in [0.15, 0.2) is 42.5 Å². The minimum absolute atomic E-state index is 0.0320. The molecule has 0 bridgehead atoms. The van der Waals surface area contributed by atoms with Gasteiger partial charge < -0.3 is 30.0 Å². The topological polar surface area (TPSA) is 113 Å². The molecule has 0 aliphatic rings. The number of alkyl halides is 3. The van der Waals surface area contributed by atoms with Gasteiger partial charge in [0, 0.05) is 11.4 Å². The van der Waals surface area contributed by atoms with E-state index in [0.29, 0.717) is 37.9 Å². The van der Waals surface area contributed by atoms with Crippen molar-refractivity contribution in [2.75, 3.05) is 50.3 Å². The first kappa shape index (κ1) is 27.9. The highest BCUT2D eigenvalue weighted by Crippen LogP contribution is 2.33. The normalized spacial score (nSPS) is 11.6. The molecule has 0 aliphatic carbocycles. The molecule has 0 aromatic heterocycles. The Bertz CT molecular complexity index is 1000. The molecule has 0 saturated heterocycles. The Balaban J connectivity index is 1.88. The molecular weight excluding hydrogens is 467 g/mol. The van der Waals surface area contributed by atoms with Gasteiger partial charge in [-0.2, -0.15) is 18.4 Å². The zero-order chi connectivity index (χ0) is 25.9. The van der Waals surface area contributed by atoms with E-state index in [1.807, 2.05) is 0 Å². The van der Waals surface area contributed by atoms with Crippen molar-refractivity contribution >= 4 is 17.3 Å². The van der Waals surface area contributed by atoms with Crippen molar-refractivity contribution in [2.24, 2.45) is 0 Å². The molecule has 0 radical (unpaired) electrons. The van der Waals surface area contributed by atoms with Crippen LogP contribution >= 0.6 is 0 Å². The fourth-order valence-electron chi connectivity index (χ4n) is 2.90. The SMILES string of the molecule is CC(C)(Nc1ccc(OCCOCCOCCO)cc1)C(=O)Nc1ccc(C#N)c(C(F)(F)F)c1. The highest BCUT2D eigenvalue weighted by Gasteiger charge is 2.34. The second kappa shape index (κ2) is 12.9. The number of carbonyl (C=O) groups is 1. The van der Waals surface area contributed by atoms with Crippen molar-refractivity contribution in [2.45, 2.75) is 25.6 Å². The van der Waals surface area contributed by atoms with Gasteiger partial charge in [-0.1, -0.05) is 0 Å². The van der Waals surface area contributed by atoms with E-state index in [9.17, 15) is 18.0 Å². The first-order valence-electron chi connectivity index (χ1n) is 10.8. The van der Waals surface area contributed by atoms with Crippen LogP contribution in [0.3, 0.4) is 0 Å². The van der Waals surface area contributed by atoms with Crippen LogP contribution in [0.1, 0.15) is 25.0 Å². The number of nitriles is 1. The van der Waals surface area contributed by atoms with E-state index in [1.54, 1.807) is 38.1 Å². The van der Waals surface area contributed by atoms with E-state index in [1.165, 1.54) is 12.1 Å². The Morgan fingerprint density at radius 3 is 2.17 bits per heavy atom. The number of aliphatic hydroxyl groups excluding tert-OH is 1. The Hall–Kier alpha value is -3.33. The maximum atomic E-state index is 13.2. The van der Waals surface area contributed by atoms with Gasteiger partial charge in [-0.15, -0.1) is 0 Å². The second-order valence-electron chi connectivity index (χ2n) is 7.90. The van der Waals surface area contributed by atoms with Gasteiger partial charge in [-0.25, -0.2) is 0 Å². The van der Waals surface area contributed by atoms with Crippen LogP contribution in [-0.4, -0.2) is 56.2 Å². The first-order chi connectivity index (χ1) is 16.6. The molecule has 0 heterocycles. The number of rotatable bonds is 13. The number of aliphatic hydroxyl groups is 1. The van der Waals surface area contributed by atoms with Crippen molar-refractivity contribution in [1.82, 2.24) is 0 Å². The van der Waals surface area contributed by atoms with Crippen molar-refractivity contribution < 1.29 is 37.3 Å². The smallest absolute Gasteiger partial charge is 0.417 e. The fourth-order valence-corrected chi connectivity index (χ4v) is 2.90. The Morgan fingerprint density at radius 1 is 0.971 bits per heavy atom. The number of nitrogens with zero attached hydrogens (tertiary/aromatic N) is 1. The molecule has 0 saturated carbocycles. The van der Waals surface area contributed by atoms with Crippen molar-refractivity contribution in [3.63, 3.8) is 0 Å². The molecule has 3 N–H and O–H groups in total. The lowest BCUT2D eigenvalue weighted by molar-refractivity contribution is -0.137. The van der Waals surface area contributed by atoms with E-state index < -0.39 is 28.7 Å². The number of hydrogen-bond acceptors (Lipinski definition) is 7. The lowest BCUT2D eigenvalue weighted by Crippen LogP contribution is -2.44. The molecule has 2 aromatic carbocycles. The van der Waals surface area contributed by atoms with Gasteiger partial charge in [0.15, 0.2) is 0 Å². The summed E-state index contributed by atoms with van der Waals surface area (Å²) >= 11 is 0. The van der Waals surface area contributed by atoms with E-state index >= 15 is 0 Å². The van der Waals surface area contributed by atoms with Gasteiger partial charge in [0.1, 0.15) is 17.9 Å². The summed E-state index contributed by atoms with van der Waals surface area (Å²) in [5, 5.41) is 23.0. The number of benzene rings is 2. The standard InChI is InChI=1S/C24H28F3N3O5/c1-23(2,22(32)29-19-4-3-17(16-28)21(15-19)24(25,26)27)30-18-5-7-20(8-6-18)35-14-13-34-12-11-33-10-9-31/h3-8,15,30-31H,9-14H2,1-2H3,(H,29,32).